The van der Waals surface area contributed by atoms with Crippen LogP contribution in [0.25, 0.3) is 0 Å². The average molecular weight is 344 g/mol. The lowest BCUT2D eigenvalue weighted by atomic mass is 10.0. The van der Waals surface area contributed by atoms with Crippen LogP contribution in [0.15, 0.2) is 28.7 Å². The molecule has 1 aliphatic heterocycles. The Balaban J connectivity index is 2.18. The van der Waals surface area contributed by atoms with Gasteiger partial charge in [-0.15, -0.1) is 0 Å². The zero-order valence-corrected chi connectivity index (χ0v) is 13.3. The maximum Gasteiger partial charge on any atom is 0.435 e. The second-order valence-corrected chi connectivity index (χ2v) is 6.58. The lowest BCUT2D eigenvalue weighted by Gasteiger charge is -2.27. The maximum absolute atomic E-state index is 12.1. The highest BCUT2D eigenvalue weighted by Crippen LogP contribution is 2.34. The van der Waals surface area contributed by atoms with E-state index in [9.17, 15) is 9.90 Å². The van der Waals surface area contributed by atoms with Crippen molar-refractivity contribution < 1.29 is 19.5 Å². The van der Waals surface area contributed by atoms with Crippen molar-refractivity contribution in [1.29, 1.82) is 0 Å². The van der Waals surface area contributed by atoms with Crippen LogP contribution in [0.4, 0.5) is 4.79 Å². The monoisotopic (exact) mass is 343 g/mol. The number of ether oxygens (including phenoxy) is 1. The second kappa shape index (κ2) is 5.71. The summed E-state index contributed by atoms with van der Waals surface area (Å²) in [5.41, 5.74) is 0.272. The zero-order chi connectivity index (χ0) is 14.9. The first-order chi connectivity index (χ1) is 9.26. The number of carbonyl (C=O) groups is 1. The molecule has 1 saturated heterocycles. The minimum absolute atomic E-state index is 0.320. The van der Waals surface area contributed by atoms with Crippen molar-refractivity contribution in [3.63, 3.8) is 0 Å². The van der Waals surface area contributed by atoms with Crippen molar-refractivity contribution >= 4 is 22.0 Å². The van der Waals surface area contributed by atoms with E-state index >= 15 is 0 Å². The van der Waals surface area contributed by atoms with Gasteiger partial charge in [-0.25, -0.2) is 9.63 Å². The number of rotatable bonds is 1. The Kier molecular flexibility index (Phi) is 4.36. The molecule has 2 atom stereocenters. The largest absolute Gasteiger partial charge is 0.442 e. The number of benzene rings is 1. The highest BCUT2D eigenvalue weighted by Gasteiger charge is 2.39. The van der Waals surface area contributed by atoms with E-state index in [1.165, 1.54) is 0 Å². The van der Waals surface area contributed by atoms with Gasteiger partial charge in [0.25, 0.3) is 0 Å². The molecule has 1 fully saturated rings. The van der Waals surface area contributed by atoms with E-state index in [0.717, 1.165) is 15.1 Å². The predicted octanol–water partition coefficient (Wildman–Crippen LogP) is 3.38. The fourth-order valence-electron chi connectivity index (χ4n) is 1.97. The highest BCUT2D eigenvalue weighted by atomic mass is 79.9. The molecule has 5 nitrogen and oxygen atoms in total. The third kappa shape index (κ3) is 3.71. The first-order valence-corrected chi connectivity index (χ1v) is 7.18. The van der Waals surface area contributed by atoms with Gasteiger partial charge in [0.05, 0.1) is 6.04 Å². The van der Waals surface area contributed by atoms with E-state index in [2.05, 4.69) is 15.9 Å². The Labute approximate surface area is 126 Å². The van der Waals surface area contributed by atoms with E-state index in [1.807, 2.05) is 24.3 Å². The van der Waals surface area contributed by atoms with Gasteiger partial charge < -0.3 is 9.84 Å². The van der Waals surface area contributed by atoms with Crippen LogP contribution >= 0.6 is 15.9 Å². The van der Waals surface area contributed by atoms with Crippen LogP contribution in [0.3, 0.4) is 0 Å². The fraction of sp³-hybridized carbons (Fsp3) is 0.500. The molecule has 0 unspecified atom stereocenters. The van der Waals surface area contributed by atoms with Crippen LogP contribution in [-0.4, -0.2) is 28.2 Å². The Hall–Kier alpha value is -1.11. The molecule has 1 heterocycles. The Morgan fingerprint density at radius 2 is 2.00 bits per heavy atom. The number of nitrogens with zero attached hydrogens (tertiary/aromatic N) is 1. The molecule has 0 aliphatic carbocycles. The minimum Gasteiger partial charge on any atom is -0.442 e. The quantitative estimate of drug-likeness (QED) is 0.849. The van der Waals surface area contributed by atoms with Crippen molar-refractivity contribution in [2.75, 3.05) is 0 Å². The van der Waals surface area contributed by atoms with E-state index in [1.54, 1.807) is 20.8 Å². The predicted molar refractivity (Wildman–Crippen MR) is 76.7 cm³/mol. The summed E-state index contributed by atoms with van der Waals surface area (Å²) in [5.74, 6) is 0. The molecule has 0 bridgehead atoms. The molecule has 1 amide bonds. The number of halogens is 1. The molecule has 110 valence electrons. The summed E-state index contributed by atoms with van der Waals surface area (Å²) in [5, 5.41) is 10.8. The summed E-state index contributed by atoms with van der Waals surface area (Å²) in [6.45, 7) is 5.35. The molecule has 1 N–H and O–H groups in total. The first kappa shape index (κ1) is 15.3. The number of amides is 1. The summed E-state index contributed by atoms with van der Waals surface area (Å²) < 4.78 is 6.24. The van der Waals surface area contributed by atoms with Gasteiger partial charge in [0.2, 0.25) is 0 Å². The Morgan fingerprint density at radius 3 is 2.55 bits per heavy atom. The third-order valence-electron chi connectivity index (χ3n) is 2.77. The van der Waals surface area contributed by atoms with E-state index in [4.69, 9.17) is 9.57 Å². The SMILES string of the molecule is CC(C)(C)OC(=O)N1O[C@@H](O)C[C@@H]1c1ccc(Br)cc1. The number of carbonyl (C=O) groups excluding carboxylic acids is 1. The number of aliphatic hydroxyl groups excluding tert-OH is 1. The number of aliphatic hydroxyl groups is 1. The van der Waals surface area contributed by atoms with Gasteiger partial charge in [0.1, 0.15) is 5.60 Å². The van der Waals surface area contributed by atoms with Gasteiger partial charge in [0.15, 0.2) is 6.29 Å². The Morgan fingerprint density at radius 1 is 1.40 bits per heavy atom. The molecule has 20 heavy (non-hydrogen) atoms. The molecule has 1 aliphatic rings. The topological polar surface area (TPSA) is 59.0 Å². The van der Waals surface area contributed by atoms with Gasteiger partial charge in [-0.1, -0.05) is 28.1 Å². The number of hydrogen-bond acceptors (Lipinski definition) is 4. The molecule has 1 aromatic carbocycles. The van der Waals surface area contributed by atoms with Crippen molar-refractivity contribution in [1.82, 2.24) is 5.06 Å². The van der Waals surface area contributed by atoms with Gasteiger partial charge in [-0.2, -0.15) is 5.06 Å². The second-order valence-electron chi connectivity index (χ2n) is 5.67. The average Bonchev–Trinajstić information content (AvgIpc) is 2.70. The molecule has 6 heteroatoms. The van der Waals surface area contributed by atoms with Crippen LogP contribution in [0.1, 0.15) is 38.8 Å². The van der Waals surface area contributed by atoms with Crippen molar-refractivity contribution in [2.24, 2.45) is 0 Å². The highest BCUT2D eigenvalue weighted by molar-refractivity contribution is 9.10. The van der Waals surface area contributed by atoms with Crippen LogP contribution in [0, 0.1) is 0 Å². The summed E-state index contributed by atoms with van der Waals surface area (Å²) in [6.07, 6.45) is -1.28. The molecular formula is C14H18BrNO4. The molecule has 0 spiro atoms. The minimum atomic E-state index is -1.00. The smallest absolute Gasteiger partial charge is 0.435 e. The molecular weight excluding hydrogens is 326 g/mol. The van der Waals surface area contributed by atoms with Gasteiger partial charge in [0, 0.05) is 10.9 Å². The summed E-state index contributed by atoms with van der Waals surface area (Å²) in [4.78, 5) is 17.3. The van der Waals surface area contributed by atoms with Crippen molar-refractivity contribution in [2.45, 2.75) is 45.1 Å². The van der Waals surface area contributed by atoms with Gasteiger partial charge in [-0.3, -0.25) is 0 Å². The lowest BCUT2D eigenvalue weighted by Crippen LogP contribution is -2.36. The number of hydroxylamine groups is 2. The van der Waals surface area contributed by atoms with E-state index < -0.39 is 18.0 Å². The van der Waals surface area contributed by atoms with Crippen LogP contribution < -0.4 is 0 Å². The maximum atomic E-state index is 12.1. The standard InChI is InChI=1S/C14H18BrNO4/c1-14(2,3)19-13(18)16-11(8-12(17)20-16)9-4-6-10(15)7-5-9/h4-7,11-12,17H,8H2,1-3H3/t11-,12-/m1/s1. The molecule has 0 aromatic heterocycles. The fourth-order valence-corrected chi connectivity index (χ4v) is 2.23. The first-order valence-electron chi connectivity index (χ1n) is 6.39. The lowest BCUT2D eigenvalue weighted by molar-refractivity contribution is -0.207. The van der Waals surface area contributed by atoms with Crippen LogP contribution in [-0.2, 0) is 9.57 Å². The van der Waals surface area contributed by atoms with Gasteiger partial charge in [-0.05, 0) is 38.5 Å². The third-order valence-corrected chi connectivity index (χ3v) is 3.30. The van der Waals surface area contributed by atoms with Crippen molar-refractivity contribution in [3.8, 4) is 0 Å². The zero-order valence-electron chi connectivity index (χ0n) is 11.7. The molecule has 0 saturated carbocycles. The number of hydrogen-bond donors (Lipinski definition) is 1. The summed E-state index contributed by atoms with van der Waals surface area (Å²) >= 11 is 3.36. The summed E-state index contributed by atoms with van der Waals surface area (Å²) in [7, 11) is 0. The Bertz CT molecular complexity index is 483. The van der Waals surface area contributed by atoms with Crippen LogP contribution in [0.5, 0.6) is 0 Å². The molecule has 1 aromatic rings. The summed E-state index contributed by atoms with van der Waals surface area (Å²) in [6, 6.07) is 7.18. The normalized spacial score (nSPS) is 22.9. The van der Waals surface area contributed by atoms with Gasteiger partial charge >= 0.3 is 6.09 Å². The van der Waals surface area contributed by atoms with Crippen LogP contribution in [0.2, 0.25) is 0 Å². The molecule has 2 rings (SSSR count). The molecule has 0 radical (unpaired) electrons. The van der Waals surface area contributed by atoms with Crippen molar-refractivity contribution in [3.05, 3.63) is 34.3 Å². The van der Waals surface area contributed by atoms with E-state index in [0.29, 0.717) is 6.42 Å². The van der Waals surface area contributed by atoms with E-state index in [-0.39, 0.29) is 6.04 Å².